The minimum atomic E-state index is -0.190. The van der Waals surface area contributed by atoms with E-state index in [2.05, 4.69) is 10.3 Å². The van der Waals surface area contributed by atoms with Crippen molar-refractivity contribution < 1.29 is 18.7 Å². The maximum absolute atomic E-state index is 12.9. The topological polar surface area (TPSA) is 73.6 Å². The Morgan fingerprint density at radius 2 is 1.72 bits per heavy atom. The Bertz CT molecular complexity index is 1140. The molecule has 164 valence electrons. The number of hydrogen-bond donors (Lipinski definition) is 1. The Balaban J connectivity index is 1.48. The molecule has 4 aromatic rings. The first-order valence-electron chi connectivity index (χ1n) is 10.2. The number of aromatic nitrogens is 1. The summed E-state index contributed by atoms with van der Waals surface area (Å²) < 4.78 is 15.9. The van der Waals surface area contributed by atoms with Crippen LogP contribution in [0.2, 0.25) is 0 Å². The molecule has 1 amide bonds. The summed E-state index contributed by atoms with van der Waals surface area (Å²) in [6.07, 6.45) is 2.46. The van der Waals surface area contributed by atoms with Crippen molar-refractivity contribution in [1.29, 1.82) is 0 Å². The van der Waals surface area contributed by atoms with Gasteiger partial charge < -0.3 is 19.2 Å². The summed E-state index contributed by atoms with van der Waals surface area (Å²) in [5.41, 5.74) is 2.82. The maximum Gasteiger partial charge on any atom is 0.226 e. The molecule has 0 saturated carbocycles. The van der Waals surface area contributed by atoms with Crippen LogP contribution in [0.4, 0.5) is 0 Å². The lowest BCUT2D eigenvalue weighted by molar-refractivity contribution is -0.121. The zero-order chi connectivity index (χ0) is 22.3. The van der Waals surface area contributed by atoms with E-state index < -0.39 is 0 Å². The number of amides is 1. The summed E-state index contributed by atoms with van der Waals surface area (Å²) in [5.74, 6) is 2.19. The average Bonchev–Trinajstić information content (AvgIpc) is 3.51. The number of hydrogen-bond acceptors (Lipinski definition) is 6. The Hall–Kier alpha value is -3.58. The second kappa shape index (κ2) is 10.2. The average molecular weight is 449 g/mol. The normalized spacial score (nSPS) is 11.7. The third kappa shape index (κ3) is 5.36. The number of rotatable bonds is 9. The smallest absolute Gasteiger partial charge is 0.226 e. The van der Waals surface area contributed by atoms with Gasteiger partial charge in [-0.05, 0) is 53.9 Å². The van der Waals surface area contributed by atoms with E-state index in [4.69, 9.17) is 13.9 Å². The predicted molar refractivity (Wildman–Crippen MR) is 124 cm³/mol. The summed E-state index contributed by atoms with van der Waals surface area (Å²) in [5, 5.41) is 5.83. The first-order chi connectivity index (χ1) is 15.6. The summed E-state index contributed by atoms with van der Waals surface area (Å²) in [6.45, 7) is 0. The molecule has 0 fully saturated rings. The largest absolute Gasteiger partial charge is 0.497 e. The monoisotopic (exact) mass is 448 g/mol. The van der Waals surface area contributed by atoms with Crippen LogP contribution in [0.1, 0.15) is 22.9 Å². The number of furan rings is 1. The summed E-state index contributed by atoms with van der Waals surface area (Å²) in [4.78, 5) is 17.4. The lowest BCUT2D eigenvalue weighted by Crippen LogP contribution is -2.31. The number of carbonyl (C=O) groups excluding carboxylic acids is 1. The molecular weight excluding hydrogens is 424 g/mol. The molecule has 0 radical (unpaired) electrons. The number of nitrogens with one attached hydrogen (secondary N) is 1. The van der Waals surface area contributed by atoms with E-state index in [1.807, 2.05) is 66.0 Å². The number of benzene rings is 2. The molecule has 0 bridgehead atoms. The van der Waals surface area contributed by atoms with Gasteiger partial charge in [0.1, 0.15) is 11.5 Å². The predicted octanol–water partition coefficient (Wildman–Crippen LogP) is 5.06. The number of methoxy groups -OCH3 is 2. The lowest BCUT2D eigenvalue weighted by Gasteiger charge is -2.20. The van der Waals surface area contributed by atoms with Crippen molar-refractivity contribution in [2.45, 2.75) is 18.9 Å². The Morgan fingerprint density at radius 3 is 2.34 bits per heavy atom. The van der Waals surface area contributed by atoms with E-state index in [1.54, 1.807) is 20.5 Å². The van der Waals surface area contributed by atoms with E-state index >= 15 is 0 Å². The van der Waals surface area contributed by atoms with Crippen molar-refractivity contribution >= 4 is 17.2 Å². The van der Waals surface area contributed by atoms with Crippen molar-refractivity contribution in [3.05, 3.63) is 89.1 Å². The summed E-state index contributed by atoms with van der Waals surface area (Å²) >= 11 is 1.46. The number of ether oxygens (including phenoxy) is 2. The number of nitrogens with zero attached hydrogens (tertiary/aromatic N) is 1. The van der Waals surface area contributed by atoms with Crippen LogP contribution >= 0.6 is 11.3 Å². The molecule has 0 spiro atoms. The van der Waals surface area contributed by atoms with Crippen LogP contribution < -0.4 is 14.8 Å². The molecule has 7 heteroatoms. The zero-order valence-corrected chi connectivity index (χ0v) is 18.7. The molecule has 1 atom stereocenters. The molecule has 32 heavy (non-hydrogen) atoms. The van der Waals surface area contributed by atoms with Gasteiger partial charge in [-0.3, -0.25) is 4.79 Å². The Labute approximate surface area is 190 Å². The van der Waals surface area contributed by atoms with Crippen LogP contribution in [0.25, 0.3) is 10.8 Å². The molecule has 0 aliphatic heterocycles. The highest BCUT2D eigenvalue weighted by Gasteiger charge is 2.18. The van der Waals surface area contributed by atoms with Crippen LogP contribution in [0.3, 0.4) is 0 Å². The Morgan fingerprint density at radius 1 is 1.03 bits per heavy atom. The van der Waals surface area contributed by atoms with Crippen molar-refractivity contribution in [3.63, 3.8) is 0 Å². The second-order valence-electron chi connectivity index (χ2n) is 7.24. The van der Waals surface area contributed by atoms with Crippen LogP contribution in [0.5, 0.6) is 11.5 Å². The van der Waals surface area contributed by atoms with Gasteiger partial charge >= 0.3 is 0 Å². The van der Waals surface area contributed by atoms with Gasteiger partial charge in [-0.15, -0.1) is 11.3 Å². The second-order valence-corrected chi connectivity index (χ2v) is 8.10. The highest BCUT2D eigenvalue weighted by Crippen LogP contribution is 2.25. The van der Waals surface area contributed by atoms with Gasteiger partial charge in [0.05, 0.1) is 38.6 Å². The van der Waals surface area contributed by atoms with Crippen molar-refractivity contribution in [2.75, 3.05) is 14.2 Å². The third-order valence-corrected chi connectivity index (χ3v) is 5.98. The van der Waals surface area contributed by atoms with Gasteiger partial charge in [0.2, 0.25) is 5.91 Å². The first-order valence-corrected chi connectivity index (χ1v) is 11.1. The zero-order valence-electron chi connectivity index (χ0n) is 17.9. The maximum atomic E-state index is 12.9. The molecule has 4 rings (SSSR count). The van der Waals surface area contributed by atoms with E-state index in [1.165, 1.54) is 11.3 Å². The van der Waals surface area contributed by atoms with Crippen molar-refractivity contribution in [3.8, 4) is 22.3 Å². The fourth-order valence-electron chi connectivity index (χ4n) is 3.40. The third-order valence-electron chi connectivity index (χ3n) is 5.08. The number of carbonyl (C=O) groups is 1. The molecule has 2 aromatic heterocycles. The molecule has 6 nitrogen and oxygen atoms in total. The van der Waals surface area contributed by atoms with Gasteiger partial charge in [-0.2, -0.15) is 0 Å². The quantitative estimate of drug-likeness (QED) is 0.387. The van der Waals surface area contributed by atoms with Gasteiger partial charge in [-0.1, -0.05) is 24.3 Å². The van der Waals surface area contributed by atoms with Crippen molar-refractivity contribution in [2.24, 2.45) is 0 Å². The molecule has 1 N–H and O–H groups in total. The molecular formula is C25H24N2O4S. The van der Waals surface area contributed by atoms with Gasteiger partial charge in [0, 0.05) is 5.38 Å². The van der Waals surface area contributed by atoms with Crippen LogP contribution in [0, 0.1) is 0 Å². The van der Waals surface area contributed by atoms with Crippen LogP contribution in [-0.2, 0) is 17.6 Å². The highest BCUT2D eigenvalue weighted by atomic mass is 32.1. The van der Waals surface area contributed by atoms with E-state index in [9.17, 15) is 4.79 Å². The van der Waals surface area contributed by atoms with Crippen LogP contribution in [-0.4, -0.2) is 25.1 Å². The van der Waals surface area contributed by atoms with E-state index in [0.717, 1.165) is 33.3 Å². The SMILES string of the molecule is COc1ccc(CC(NC(=O)Cc2csc(-c3ccco3)n2)c2ccc(OC)cc2)cc1. The minimum absolute atomic E-state index is 0.0874. The van der Waals surface area contributed by atoms with Crippen LogP contribution in [0.15, 0.2) is 76.7 Å². The summed E-state index contributed by atoms with van der Waals surface area (Å²) in [7, 11) is 3.28. The molecule has 1 unspecified atom stereocenters. The lowest BCUT2D eigenvalue weighted by atomic mass is 9.98. The fourth-order valence-corrected chi connectivity index (χ4v) is 4.18. The number of thiazole rings is 1. The standard InChI is InChI=1S/C25H24N2O4S/c1-29-20-9-5-17(6-10-20)14-22(18-7-11-21(30-2)12-8-18)27-24(28)15-19-16-32-25(26-19)23-4-3-13-31-23/h3-13,16,22H,14-15H2,1-2H3,(H,27,28). The summed E-state index contributed by atoms with van der Waals surface area (Å²) in [6, 6.07) is 19.1. The first kappa shape index (κ1) is 21.6. The Kier molecular flexibility index (Phi) is 6.87. The molecule has 0 saturated heterocycles. The molecule has 0 aliphatic carbocycles. The molecule has 0 aliphatic rings. The molecule has 2 heterocycles. The van der Waals surface area contributed by atoms with E-state index in [-0.39, 0.29) is 18.4 Å². The van der Waals surface area contributed by atoms with E-state index in [0.29, 0.717) is 12.2 Å². The van der Waals surface area contributed by atoms with Gasteiger partial charge in [0.25, 0.3) is 0 Å². The van der Waals surface area contributed by atoms with Crippen molar-refractivity contribution in [1.82, 2.24) is 10.3 Å². The van der Waals surface area contributed by atoms with Gasteiger partial charge in [0.15, 0.2) is 10.8 Å². The minimum Gasteiger partial charge on any atom is -0.497 e. The fraction of sp³-hybridized carbons (Fsp3) is 0.200. The van der Waals surface area contributed by atoms with Gasteiger partial charge in [-0.25, -0.2) is 4.98 Å². The highest BCUT2D eigenvalue weighted by molar-refractivity contribution is 7.13. The molecule has 2 aromatic carbocycles.